The molecule has 1 aliphatic carbocycles. The highest BCUT2D eigenvalue weighted by atomic mass is 16.1. The van der Waals surface area contributed by atoms with E-state index in [-0.39, 0.29) is 28.8 Å². The highest BCUT2D eigenvalue weighted by Crippen LogP contribution is 2.24. The van der Waals surface area contributed by atoms with Crippen molar-refractivity contribution >= 4 is 11.6 Å². The first-order valence-electron chi connectivity index (χ1n) is 7.12. The number of Topliss-reactive ketones (excluding diaryl/α,β-unsaturated/α-hetero) is 1. The molecule has 0 amide bonds. The van der Waals surface area contributed by atoms with Crippen LogP contribution in [0, 0.1) is 6.92 Å². The Morgan fingerprint density at radius 2 is 1.95 bits per heavy atom. The van der Waals surface area contributed by atoms with E-state index in [1.165, 1.54) is 0 Å². The molecule has 3 rings (SSSR count). The number of ketones is 2. The predicted octanol–water partition coefficient (Wildman–Crippen LogP) is 2.14. The van der Waals surface area contributed by atoms with E-state index in [1.807, 2.05) is 4.90 Å². The first-order valence-corrected chi connectivity index (χ1v) is 6.62. The van der Waals surface area contributed by atoms with Crippen LogP contribution >= 0.6 is 0 Å². The van der Waals surface area contributed by atoms with Gasteiger partial charge in [-0.2, -0.15) is 0 Å². The van der Waals surface area contributed by atoms with Crippen molar-refractivity contribution in [2.75, 3.05) is 13.1 Å². The highest BCUT2D eigenvalue weighted by molar-refractivity contribution is 6.23. The van der Waals surface area contributed by atoms with Gasteiger partial charge in [0.1, 0.15) is 5.69 Å². The van der Waals surface area contributed by atoms with Gasteiger partial charge >= 0.3 is 0 Å². The molecule has 19 heavy (non-hydrogen) atoms. The molecule has 1 aromatic heterocycles. The topological polar surface area (TPSA) is 50.3 Å². The summed E-state index contributed by atoms with van der Waals surface area (Å²) in [4.78, 5) is 30.9. The maximum Gasteiger partial charge on any atom is 0.228 e. The molecule has 1 fully saturated rings. The lowest BCUT2D eigenvalue weighted by Crippen LogP contribution is -2.35. The molecule has 2 heterocycles. The zero-order chi connectivity index (χ0) is 14.3. The van der Waals surface area contributed by atoms with Gasteiger partial charge in [-0.25, -0.2) is 4.98 Å². The van der Waals surface area contributed by atoms with E-state index in [2.05, 4.69) is 4.98 Å². The number of hydrogen-bond donors (Lipinski definition) is 0. The molecular weight excluding hydrogens is 240 g/mol. The maximum atomic E-state index is 12.6. The molecule has 4 heteroatoms. The third kappa shape index (κ3) is 2.07. The van der Waals surface area contributed by atoms with Crippen molar-refractivity contribution in [1.29, 1.82) is 0 Å². The normalized spacial score (nSPS) is 20.5. The van der Waals surface area contributed by atoms with Crippen LogP contribution in [-0.2, 0) is 0 Å². The Balaban J connectivity index is 2.09. The first-order chi connectivity index (χ1) is 9.59. The van der Waals surface area contributed by atoms with Crippen LogP contribution < -0.4 is 0 Å². The van der Waals surface area contributed by atoms with Crippen LogP contribution in [0.3, 0.4) is 0 Å². The minimum absolute atomic E-state index is 0.185. The largest absolute Gasteiger partial charge is 0.368 e. The van der Waals surface area contributed by atoms with Crippen LogP contribution in [0.25, 0.3) is 0 Å². The van der Waals surface area contributed by atoms with Gasteiger partial charge < -0.3 is 4.90 Å². The monoisotopic (exact) mass is 257 g/mol. The van der Waals surface area contributed by atoms with Crippen molar-refractivity contribution in [3.63, 3.8) is 0 Å². The summed E-state index contributed by atoms with van der Waals surface area (Å²) in [6.45, 7) is 3.26. The standard InChI is InChI=1S/C15H16N2O2/c1-10-5-6-11-13(18)9-12(15(19)14(11)16-10)17-7-3-2-4-8-17/h5-6,9H,2-4,7-8H2,1H3/i9D. The van der Waals surface area contributed by atoms with Crippen molar-refractivity contribution in [2.45, 2.75) is 26.2 Å². The second-order valence-electron chi connectivity index (χ2n) is 5.03. The van der Waals surface area contributed by atoms with Crippen molar-refractivity contribution in [1.82, 2.24) is 9.88 Å². The van der Waals surface area contributed by atoms with Crippen molar-refractivity contribution in [2.24, 2.45) is 0 Å². The Bertz CT molecular complexity index is 631. The van der Waals surface area contributed by atoms with E-state index in [0.29, 0.717) is 5.69 Å². The van der Waals surface area contributed by atoms with Crippen LogP contribution in [0.15, 0.2) is 23.9 Å². The summed E-state index contributed by atoms with van der Waals surface area (Å²) in [6.07, 6.45) is 3.12. The van der Waals surface area contributed by atoms with Gasteiger partial charge in [0.05, 0.1) is 12.6 Å². The molecule has 4 nitrogen and oxygen atoms in total. The first kappa shape index (κ1) is 10.9. The lowest BCUT2D eigenvalue weighted by Gasteiger charge is -2.31. The zero-order valence-corrected chi connectivity index (χ0v) is 10.9. The van der Waals surface area contributed by atoms with Crippen molar-refractivity contribution in [3.05, 3.63) is 40.8 Å². The Hall–Kier alpha value is -1.97. The molecule has 0 spiro atoms. The number of nitrogens with zero attached hydrogens (tertiary/aromatic N) is 2. The van der Waals surface area contributed by atoms with Gasteiger partial charge in [0.15, 0.2) is 5.78 Å². The number of aromatic nitrogens is 1. The summed E-state index contributed by atoms with van der Waals surface area (Å²) >= 11 is 0. The number of rotatable bonds is 1. The molecule has 1 saturated heterocycles. The van der Waals surface area contributed by atoms with Gasteiger partial charge in [-0.05, 0) is 38.3 Å². The number of allylic oxidation sites excluding steroid dienone is 2. The van der Waals surface area contributed by atoms with Crippen LogP contribution in [0.1, 0.15) is 47.2 Å². The quantitative estimate of drug-likeness (QED) is 0.773. The van der Waals surface area contributed by atoms with Gasteiger partial charge in [0.25, 0.3) is 0 Å². The molecule has 0 bridgehead atoms. The van der Waals surface area contributed by atoms with Gasteiger partial charge in [0.2, 0.25) is 5.78 Å². The van der Waals surface area contributed by atoms with Gasteiger partial charge in [0, 0.05) is 24.8 Å². The van der Waals surface area contributed by atoms with Crippen LogP contribution in [0.5, 0.6) is 0 Å². The molecule has 0 unspecified atom stereocenters. The molecule has 0 N–H and O–H groups in total. The molecule has 1 aliphatic heterocycles. The summed E-state index contributed by atoms with van der Waals surface area (Å²) in [6, 6.07) is 3.11. The van der Waals surface area contributed by atoms with E-state index in [1.54, 1.807) is 19.1 Å². The Morgan fingerprint density at radius 3 is 2.68 bits per heavy atom. The van der Waals surface area contributed by atoms with E-state index in [4.69, 9.17) is 1.37 Å². The number of hydrogen-bond acceptors (Lipinski definition) is 4. The second-order valence-corrected chi connectivity index (χ2v) is 5.03. The second kappa shape index (κ2) is 4.61. The van der Waals surface area contributed by atoms with Gasteiger partial charge in [-0.15, -0.1) is 0 Å². The summed E-state index contributed by atoms with van der Waals surface area (Å²) in [7, 11) is 0. The van der Waals surface area contributed by atoms with E-state index in [0.717, 1.165) is 32.4 Å². The van der Waals surface area contributed by atoms with Crippen molar-refractivity contribution in [3.8, 4) is 0 Å². The van der Waals surface area contributed by atoms with Crippen LogP contribution in [0.4, 0.5) is 0 Å². The third-order valence-electron chi connectivity index (χ3n) is 3.61. The third-order valence-corrected chi connectivity index (χ3v) is 3.61. The summed E-state index contributed by atoms with van der Waals surface area (Å²) < 4.78 is 8.03. The average Bonchev–Trinajstić information content (AvgIpc) is 2.46. The Morgan fingerprint density at radius 1 is 1.21 bits per heavy atom. The predicted molar refractivity (Wildman–Crippen MR) is 71.1 cm³/mol. The molecule has 1 aromatic rings. The lowest BCUT2D eigenvalue weighted by molar-refractivity contribution is 0.0939. The maximum absolute atomic E-state index is 12.6. The molecule has 2 aliphatic rings. The molecule has 0 radical (unpaired) electrons. The fraction of sp³-hybridized carbons (Fsp3) is 0.400. The smallest absolute Gasteiger partial charge is 0.228 e. The van der Waals surface area contributed by atoms with Crippen LogP contribution in [-0.4, -0.2) is 34.5 Å². The number of piperidine rings is 1. The average molecular weight is 257 g/mol. The summed E-state index contributed by atoms with van der Waals surface area (Å²) in [5.74, 6) is -0.678. The number of aryl methyl sites for hydroxylation is 1. The lowest BCUT2D eigenvalue weighted by atomic mass is 9.95. The number of likely N-dealkylation sites (tertiary alicyclic amines) is 1. The zero-order valence-electron chi connectivity index (χ0n) is 11.9. The number of fused-ring (bicyclic) bond motifs is 1. The fourth-order valence-electron chi connectivity index (χ4n) is 2.60. The molecule has 0 atom stereocenters. The molecule has 0 aromatic carbocycles. The van der Waals surface area contributed by atoms with Gasteiger partial charge in [-0.1, -0.05) is 0 Å². The summed E-state index contributed by atoms with van der Waals surface area (Å²) in [5, 5.41) is 0. The molecule has 98 valence electrons. The van der Waals surface area contributed by atoms with E-state index < -0.39 is 5.78 Å². The molecule has 0 saturated carbocycles. The Labute approximate surface area is 113 Å². The summed E-state index contributed by atoms with van der Waals surface area (Å²) in [5.41, 5.74) is 1.40. The Kier molecular flexibility index (Phi) is 2.65. The van der Waals surface area contributed by atoms with Crippen LogP contribution in [0.2, 0.25) is 0 Å². The molecular formula is C15H16N2O2. The number of carbonyl (C=O) groups excluding carboxylic acids is 2. The SMILES string of the molecule is [2H]C1=C(N2CCCCC2)C(=O)c2nc(C)ccc2C1=O. The van der Waals surface area contributed by atoms with E-state index in [9.17, 15) is 9.59 Å². The number of carbonyl (C=O) groups is 2. The van der Waals surface area contributed by atoms with Crippen molar-refractivity contribution < 1.29 is 11.0 Å². The fourth-order valence-corrected chi connectivity index (χ4v) is 2.60. The van der Waals surface area contributed by atoms with Gasteiger partial charge in [-0.3, -0.25) is 9.59 Å². The minimum atomic E-state index is -0.396. The minimum Gasteiger partial charge on any atom is -0.368 e. The number of pyridine rings is 1. The highest BCUT2D eigenvalue weighted by Gasteiger charge is 2.30. The van der Waals surface area contributed by atoms with E-state index >= 15 is 0 Å².